The van der Waals surface area contributed by atoms with Crippen molar-refractivity contribution >= 4 is 10.9 Å². The minimum atomic E-state index is -0.835. The van der Waals surface area contributed by atoms with Gasteiger partial charge in [-0.05, 0) is 55.1 Å². The maximum absolute atomic E-state index is 11.2. The smallest absolute Gasteiger partial charge is 0.119 e. The summed E-state index contributed by atoms with van der Waals surface area (Å²) in [7, 11) is 1.63. The second-order valence-corrected chi connectivity index (χ2v) is 7.18. The second kappa shape index (κ2) is 6.09. The molecular weight excluding hydrogens is 316 g/mol. The van der Waals surface area contributed by atoms with E-state index in [2.05, 4.69) is 16.5 Å². The van der Waals surface area contributed by atoms with Crippen molar-refractivity contribution in [3.8, 4) is 5.75 Å². The monoisotopic (exact) mass is 340 g/mol. The van der Waals surface area contributed by atoms with Crippen molar-refractivity contribution in [2.45, 2.75) is 30.6 Å². The Morgan fingerprint density at radius 2 is 2.28 bits per heavy atom. The number of fused-ring (bicyclic) bond motifs is 4. The molecule has 5 atom stereocenters. The number of nitrogens with zero attached hydrogens (tertiary/aromatic N) is 2. The lowest BCUT2D eigenvalue weighted by molar-refractivity contribution is -0.127. The molecule has 3 aliphatic rings. The molecular formula is C20H24N2O3. The molecule has 132 valence electrons. The number of aliphatic hydroxyl groups is 2. The lowest BCUT2D eigenvalue weighted by Gasteiger charge is -2.54. The van der Waals surface area contributed by atoms with Crippen LogP contribution in [-0.2, 0) is 0 Å². The van der Waals surface area contributed by atoms with Gasteiger partial charge >= 0.3 is 0 Å². The van der Waals surface area contributed by atoms with E-state index in [1.54, 1.807) is 19.4 Å². The molecule has 5 nitrogen and oxygen atoms in total. The van der Waals surface area contributed by atoms with Crippen LogP contribution in [0.3, 0.4) is 0 Å². The van der Waals surface area contributed by atoms with Crippen LogP contribution in [0.25, 0.3) is 10.9 Å². The van der Waals surface area contributed by atoms with Gasteiger partial charge in [-0.2, -0.15) is 0 Å². The van der Waals surface area contributed by atoms with Crippen LogP contribution in [0, 0.1) is 5.92 Å². The highest BCUT2D eigenvalue weighted by atomic mass is 16.5. The van der Waals surface area contributed by atoms with Crippen molar-refractivity contribution in [2.75, 3.05) is 20.2 Å². The normalized spacial score (nSPS) is 32.5. The van der Waals surface area contributed by atoms with Gasteiger partial charge in [0.25, 0.3) is 0 Å². The molecule has 1 aromatic heterocycles. The zero-order valence-electron chi connectivity index (χ0n) is 14.4. The first-order chi connectivity index (χ1) is 12.1. The lowest BCUT2D eigenvalue weighted by Crippen LogP contribution is -2.63. The number of aromatic nitrogens is 1. The Bertz CT molecular complexity index is 809. The van der Waals surface area contributed by atoms with Gasteiger partial charge in [0.1, 0.15) is 5.75 Å². The van der Waals surface area contributed by atoms with E-state index in [0.717, 1.165) is 41.6 Å². The molecule has 0 aliphatic carbocycles. The third-order valence-corrected chi connectivity index (χ3v) is 5.94. The van der Waals surface area contributed by atoms with Crippen LogP contribution in [0.5, 0.6) is 5.75 Å². The second-order valence-electron chi connectivity index (χ2n) is 7.18. The predicted molar refractivity (Wildman–Crippen MR) is 96.5 cm³/mol. The molecule has 3 fully saturated rings. The Hall–Kier alpha value is -1.95. The number of piperidine rings is 3. The van der Waals surface area contributed by atoms with Gasteiger partial charge in [-0.15, -0.1) is 6.58 Å². The maximum atomic E-state index is 11.2. The van der Waals surface area contributed by atoms with Gasteiger partial charge in [0, 0.05) is 24.2 Å². The zero-order chi connectivity index (χ0) is 17.6. The molecule has 1 unspecified atom stereocenters. The van der Waals surface area contributed by atoms with E-state index in [1.165, 1.54) is 0 Å². The van der Waals surface area contributed by atoms with Crippen LogP contribution in [0.15, 0.2) is 43.1 Å². The van der Waals surface area contributed by atoms with Crippen molar-refractivity contribution in [2.24, 2.45) is 5.92 Å². The van der Waals surface area contributed by atoms with E-state index in [0.29, 0.717) is 6.54 Å². The number of methoxy groups -OCH3 is 1. The molecule has 0 spiro atoms. The van der Waals surface area contributed by atoms with Gasteiger partial charge in [0.2, 0.25) is 0 Å². The number of hydrogen-bond acceptors (Lipinski definition) is 5. The highest BCUT2D eigenvalue weighted by Crippen LogP contribution is 2.44. The molecule has 3 saturated heterocycles. The Morgan fingerprint density at radius 1 is 1.44 bits per heavy atom. The lowest BCUT2D eigenvalue weighted by atomic mass is 9.71. The van der Waals surface area contributed by atoms with Crippen molar-refractivity contribution in [3.05, 3.63) is 48.7 Å². The summed E-state index contributed by atoms with van der Waals surface area (Å²) >= 11 is 0. The van der Waals surface area contributed by atoms with Gasteiger partial charge < -0.3 is 14.9 Å². The number of ether oxygens (including phenoxy) is 1. The van der Waals surface area contributed by atoms with Crippen LogP contribution < -0.4 is 4.74 Å². The summed E-state index contributed by atoms with van der Waals surface area (Å²) in [6.07, 6.45) is 4.48. The fourth-order valence-corrected chi connectivity index (χ4v) is 4.45. The number of benzene rings is 1. The first-order valence-corrected chi connectivity index (χ1v) is 8.76. The largest absolute Gasteiger partial charge is 0.497 e. The van der Waals surface area contributed by atoms with Crippen LogP contribution >= 0.6 is 0 Å². The summed E-state index contributed by atoms with van der Waals surface area (Å²) in [5, 5.41) is 22.8. The minimum absolute atomic E-state index is 0.00391. The number of aliphatic hydroxyl groups excluding tert-OH is 1. The minimum Gasteiger partial charge on any atom is -0.497 e. The molecule has 0 radical (unpaired) electrons. The standard InChI is InChI=1S/C20H24N2O3/c1-3-20(24)12-22-9-7-13(20)10-18(22)19(23)15-6-8-21-17-5-4-14(25-2)11-16(15)17/h3-6,8,11,13,18-19,23-24H,1,7,9-10,12H2,2H3/t13-,18+,19+,20+/m0/s1. The molecule has 2 aromatic rings. The molecule has 2 bridgehead atoms. The van der Waals surface area contributed by atoms with E-state index in [1.807, 2.05) is 24.3 Å². The van der Waals surface area contributed by atoms with Gasteiger partial charge in [-0.1, -0.05) is 6.08 Å². The van der Waals surface area contributed by atoms with Gasteiger partial charge in [-0.3, -0.25) is 9.88 Å². The molecule has 5 rings (SSSR count). The van der Waals surface area contributed by atoms with E-state index < -0.39 is 11.7 Å². The molecule has 25 heavy (non-hydrogen) atoms. The Morgan fingerprint density at radius 3 is 2.96 bits per heavy atom. The number of hydrogen-bond donors (Lipinski definition) is 2. The van der Waals surface area contributed by atoms with Crippen LogP contribution in [0.2, 0.25) is 0 Å². The SMILES string of the molecule is C=C[C@@]1(O)CN2CC[C@H]1C[C@@H]2[C@H](O)c1ccnc2ccc(OC)cc12. The highest BCUT2D eigenvalue weighted by Gasteiger charge is 2.49. The third kappa shape index (κ3) is 2.63. The Balaban J connectivity index is 1.69. The fourth-order valence-electron chi connectivity index (χ4n) is 4.45. The summed E-state index contributed by atoms with van der Waals surface area (Å²) < 4.78 is 5.33. The first-order valence-electron chi connectivity index (χ1n) is 8.76. The summed E-state index contributed by atoms with van der Waals surface area (Å²) in [5.74, 6) is 0.901. The molecule has 0 saturated carbocycles. The maximum Gasteiger partial charge on any atom is 0.119 e. The van der Waals surface area contributed by atoms with Crippen molar-refractivity contribution < 1.29 is 14.9 Å². The summed E-state index contributed by atoms with van der Waals surface area (Å²) in [4.78, 5) is 6.59. The quantitative estimate of drug-likeness (QED) is 0.836. The molecule has 0 amide bonds. The van der Waals surface area contributed by atoms with E-state index in [-0.39, 0.29) is 12.0 Å². The van der Waals surface area contributed by atoms with Crippen molar-refractivity contribution in [1.29, 1.82) is 0 Å². The molecule has 2 N–H and O–H groups in total. The molecule has 3 aliphatic heterocycles. The Labute approximate surface area is 147 Å². The van der Waals surface area contributed by atoms with E-state index >= 15 is 0 Å². The van der Waals surface area contributed by atoms with Crippen LogP contribution in [-0.4, -0.2) is 51.9 Å². The molecule has 1 aromatic carbocycles. The van der Waals surface area contributed by atoms with Crippen molar-refractivity contribution in [1.82, 2.24) is 9.88 Å². The van der Waals surface area contributed by atoms with E-state index in [9.17, 15) is 10.2 Å². The average molecular weight is 340 g/mol. The molecule has 5 heteroatoms. The summed E-state index contributed by atoms with van der Waals surface area (Å²) in [6.45, 7) is 5.24. The zero-order valence-corrected chi connectivity index (χ0v) is 14.4. The number of pyridine rings is 1. The fraction of sp³-hybridized carbons (Fsp3) is 0.450. The highest BCUT2D eigenvalue weighted by molar-refractivity contribution is 5.83. The van der Waals surface area contributed by atoms with Gasteiger partial charge in [0.05, 0.1) is 24.3 Å². The predicted octanol–water partition coefficient (Wildman–Crippen LogP) is 2.29. The van der Waals surface area contributed by atoms with Gasteiger partial charge in [0.15, 0.2) is 0 Å². The number of rotatable bonds is 4. The van der Waals surface area contributed by atoms with Crippen LogP contribution in [0.1, 0.15) is 24.5 Å². The first kappa shape index (κ1) is 16.5. The van der Waals surface area contributed by atoms with Gasteiger partial charge in [-0.25, -0.2) is 0 Å². The van der Waals surface area contributed by atoms with Crippen molar-refractivity contribution in [3.63, 3.8) is 0 Å². The summed E-state index contributed by atoms with van der Waals surface area (Å²) in [6, 6.07) is 7.60. The third-order valence-electron chi connectivity index (χ3n) is 5.94. The average Bonchev–Trinajstić information content (AvgIpc) is 2.66. The van der Waals surface area contributed by atoms with E-state index in [4.69, 9.17) is 4.74 Å². The van der Waals surface area contributed by atoms with Crippen LogP contribution in [0.4, 0.5) is 0 Å². The molecule has 4 heterocycles. The summed E-state index contributed by atoms with van der Waals surface area (Å²) in [5.41, 5.74) is 0.873. The topological polar surface area (TPSA) is 65.8 Å². The Kier molecular flexibility index (Phi) is 4.02.